The van der Waals surface area contributed by atoms with Gasteiger partial charge in [0.05, 0.1) is 20.3 Å². The van der Waals surface area contributed by atoms with Gasteiger partial charge in [0.15, 0.2) is 5.96 Å². The van der Waals surface area contributed by atoms with Gasteiger partial charge in [0.25, 0.3) is 0 Å². The molecule has 1 aromatic heterocycles. The number of nitrogens with zero attached hydrogens (tertiary/aromatic N) is 2. The van der Waals surface area contributed by atoms with Crippen LogP contribution in [0.15, 0.2) is 47.6 Å². The summed E-state index contributed by atoms with van der Waals surface area (Å²) in [6.45, 7) is 2.19. The maximum absolute atomic E-state index is 5.90. The molecule has 0 radical (unpaired) electrons. The first-order valence-corrected chi connectivity index (χ1v) is 8.44. The summed E-state index contributed by atoms with van der Waals surface area (Å²) in [5, 5.41) is 3.11. The van der Waals surface area contributed by atoms with Crippen LogP contribution in [0.5, 0.6) is 11.6 Å². The van der Waals surface area contributed by atoms with Gasteiger partial charge in [-0.1, -0.05) is 18.2 Å². The van der Waals surface area contributed by atoms with Crippen molar-refractivity contribution in [3.63, 3.8) is 0 Å². The second-order valence-electron chi connectivity index (χ2n) is 5.57. The van der Waals surface area contributed by atoms with Crippen LogP contribution in [0.2, 0.25) is 0 Å². The fourth-order valence-electron chi connectivity index (χ4n) is 2.18. The second kappa shape index (κ2) is 10.9. The summed E-state index contributed by atoms with van der Waals surface area (Å²) in [5.41, 5.74) is 8.07. The fraction of sp³-hybridized carbons (Fsp3) is 0.368. The van der Waals surface area contributed by atoms with Crippen LogP contribution in [-0.2, 0) is 17.7 Å². The number of hydrogen-bond donors (Lipinski definition) is 2. The zero-order valence-electron chi connectivity index (χ0n) is 15.3. The molecule has 7 nitrogen and oxygen atoms in total. The predicted molar refractivity (Wildman–Crippen MR) is 102 cm³/mol. The molecule has 0 aliphatic heterocycles. The highest BCUT2D eigenvalue weighted by Gasteiger charge is 1.99. The summed E-state index contributed by atoms with van der Waals surface area (Å²) in [6, 6.07) is 11.7. The van der Waals surface area contributed by atoms with Crippen LogP contribution in [0, 0.1) is 0 Å². The Morgan fingerprint density at radius 3 is 2.50 bits per heavy atom. The quantitative estimate of drug-likeness (QED) is 0.382. The molecule has 140 valence electrons. The molecule has 0 spiro atoms. The van der Waals surface area contributed by atoms with Gasteiger partial charge in [-0.25, -0.2) is 9.98 Å². The molecule has 0 fully saturated rings. The lowest BCUT2D eigenvalue weighted by Gasteiger charge is -2.07. The van der Waals surface area contributed by atoms with E-state index in [4.69, 9.17) is 19.9 Å². The number of aliphatic imine (C=N–C) groups is 1. The number of hydrogen-bond acceptors (Lipinski definition) is 5. The minimum Gasteiger partial charge on any atom is -0.497 e. The maximum atomic E-state index is 5.90. The number of benzene rings is 1. The molecule has 0 saturated carbocycles. The number of pyridine rings is 1. The van der Waals surface area contributed by atoms with Gasteiger partial charge in [0, 0.05) is 25.9 Å². The molecule has 0 aliphatic carbocycles. The third kappa shape index (κ3) is 6.98. The Bertz CT molecular complexity index is 672. The third-order valence-corrected chi connectivity index (χ3v) is 3.65. The van der Waals surface area contributed by atoms with Crippen molar-refractivity contribution in [3.05, 3.63) is 53.7 Å². The normalized spacial score (nSPS) is 11.2. The van der Waals surface area contributed by atoms with E-state index in [1.165, 1.54) is 5.56 Å². The Labute approximate surface area is 154 Å². The largest absolute Gasteiger partial charge is 0.497 e. The molecule has 0 unspecified atom stereocenters. The molecule has 0 saturated heterocycles. The summed E-state index contributed by atoms with van der Waals surface area (Å²) in [7, 11) is 3.29. The molecular formula is C19H26N4O3. The van der Waals surface area contributed by atoms with Crippen LogP contribution < -0.4 is 20.5 Å². The van der Waals surface area contributed by atoms with Crippen molar-refractivity contribution < 1.29 is 14.2 Å². The SMILES string of the molecule is COCCOc1ccc(CN=C(N)NCCc2ccc(OC)cc2)cn1. The molecule has 2 rings (SSSR count). The first kappa shape index (κ1) is 19.5. The number of ether oxygens (including phenoxy) is 3. The van der Waals surface area contributed by atoms with E-state index in [1.54, 1.807) is 20.4 Å². The monoisotopic (exact) mass is 358 g/mol. The van der Waals surface area contributed by atoms with Gasteiger partial charge < -0.3 is 25.3 Å². The fourth-order valence-corrected chi connectivity index (χ4v) is 2.18. The highest BCUT2D eigenvalue weighted by molar-refractivity contribution is 5.77. The van der Waals surface area contributed by atoms with Crippen molar-refractivity contribution in [2.24, 2.45) is 10.7 Å². The van der Waals surface area contributed by atoms with E-state index in [9.17, 15) is 0 Å². The summed E-state index contributed by atoms with van der Waals surface area (Å²) in [5.74, 6) is 1.84. The van der Waals surface area contributed by atoms with E-state index in [0.717, 1.165) is 17.7 Å². The van der Waals surface area contributed by atoms with Gasteiger partial charge in [-0.3, -0.25) is 0 Å². The number of aromatic nitrogens is 1. The summed E-state index contributed by atoms with van der Waals surface area (Å²) < 4.78 is 15.5. The van der Waals surface area contributed by atoms with Crippen LogP contribution >= 0.6 is 0 Å². The molecule has 26 heavy (non-hydrogen) atoms. The lowest BCUT2D eigenvalue weighted by atomic mass is 10.1. The van der Waals surface area contributed by atoms with Crippen molar-refractivity contribution in [2.75, 3.05) is 34.0 Å². The Morgan fingerprint density at radius 2 is 1.85 bits per heavy atom. The number of nitrogens with two attached hydrogens (primary N) is 1. The van der Waals surface area contributed by atoms with Crippen molar-refractivity contribution in [1.29, 1.82) is 0 Å². The molecule has 2 aromatic rings. The summed E-state index contributed by atoms with van der Waals surface area (Å²) in [6.07, 6.45) is 2.59. The van der Waals surface area contributed by atoms with Gasteiger partial charge in [-0.05, 0) is 29.7 Å². The van der Waals surface area contributed by atoms with E-state index >= 15 is 0 Å². The van der Waals surface area contributed by atoms with Crippen molar-refractivity contribution in [1.82, 2.24) is 10.3 Å². The molecule has 1 aromatic carbocycles. The van der Waals surface area contributed by atoms with Gasteiger partial charge in [-0.15, -0.1) is 0 Å². The van der Waals surface area contributed by atoms with Gasteiger partial charge in [-0.2, -0.15) is 0 Å². The van der Waals surface area contributed by atoms with E-state index in [2.05, 4.69) is 15.3 Å². The number of rotatable bonds is 10. The minimum atomic E-state index is 0.416. The molecule has 0 aliphatic rings. The van der Waals surface area contributed by atoms with Crippen LogP contribution in [0.4, 0.5) is 0 Å². The van der Waals surface area contributed by atoms with Crippen LogP contribution in [0.1, 0.15) is 11.1 Å². The van der Waals surface area contributed by atoms with E-state index < -0.39 is 0 Å². The van der Waals surface area contributed by atoms with Crippen molar-refractivity contribution >= 4 is 5.96 Å². The lowest BCUT2D eigenvalue weighted by Crippen LogP contribution is -2.33. The maximum Gasteiger partial charge on any atom is 0.213 e. The third-order valence-electron chi connectivity index (χ3n) is 3.65. The Balaban J connectivity index is 1.71. The summed E-state index contributed by atoms with van der Waals surface area (Å²) >= 11 is 0. The standard InChI is InChI=1S/C19H26N4O3/c1-24-11-12-26-18-8-5-16(13-22-18)14-23-19(20)21-10-9-15-3-6-17(25-2)7-4-15/h3-8,13H,9-12,14H2,1-2H3,(H3,20,21,23). The molecule has 1 heterocycles. The summed E-state index contributed by atoms with van der Waals surface area (Å²) in [4.78, 5) is 8.55. The van der Waals surface area contributed by atoms with Gasteiger partial charge in [0.1, 0.15) is 12.4 Å². The Morgan fingerprint density at radius 1 is 1.08 bits per heavy atom. The van der Waals surface area contributed by atoms with Crippen molar-refractivity contribution in [3.8, 4) is 11.6 Å². The average Bonchev–Trinajstić information content (AvgIpc) is 2.68. The van der Waals surface area contributed by atoms with Crippen LogP contribution in [-0.4, -0.2) is 44.9 Å². The number of methoxy groups -OCH3 is 2. The molecule has 0 amide bonds. The molecular weight excluding hydrogens is 332 g/mol. The zero-order chi connectivity index (χ0) is 18.6. The lowest BCUT2D eigenvalue weighted by molar-refractivity contribution is 0.143. The molecule has 0 atom stereocenters. The highest BCUT2D eigenvalue weighted by Crippen LogP contribution is 2.11. The van der Waals surface area contributed by atoms with Gasteiger partial charge >= 0.3 is 0 Å². The first-order chi connectivity index (χ1) is 12.7. The average molecular weight is 358 g/mol. The molecule has 3 N–H and O–H groups in total. The van der Waals surface area contributed by atoms with Crippen LogP contribution in [0.3, 0.4) is 0 Å². The number of nitrogens with one attached hydrogen (secondary N) is 1. The smallest absolute Gasteiger partial charge is 0.213 e. The van der Waals surface area contributed by atoms with E-state index in [0.29, 0.717) is 38.1 Å². The Hall–Kier alpha value is -2.80. The first-order valence-electron chi connectivity index (χ1n) is 8.44. The van der Waals surface area contributed by atoms with Crippen LogP contribution in [0.25, 0.3) is 0 Å². The zero-order valence-corrected chi connectivity index (χ0v) is 15.3. The van der Waals surface area contributed by atoms with Crippen molar-refractivity contribution in [2.45, 2.75) is 13.0 Å². The Kier molecular flexibility index (Phi) is 8.21. The molecule has 0 bridgehead atoms. The van der Waals surface area contributed by atoms with E-state index in [1.807, 2.05) is 36.4 Å². The highest BCUT2D eigenvalue weighted by atomic mass is 16.5. The van der Waals surface area contributed by atoms with Gasteiger partial charge in [0.2, 0.25) is 5.88 Å². The molecule has 7 heteroatoms. The predicted octanol–water partition coefficient (Wildman–Crippen LogP) is 1.76. The minimum absolute atomic E-state index is 0.416. The topological polar surface area (TPSA) is 91.0 Å². The number of guanidine groups is 1. The van der Waals surface area contributed by atoms with E-state index in [-0.39, 0.29) is 0 Å². The second-order valence-corrected chi connectivity index (χ2v) is 5.57.